The standard InChI is InChI=1S/C20H26O5S/c1-14-10-18(25-8-5-9-26(3,23)24)11-15(2)20(14)17-7-4-6-16(12-17)19(22)13-21/h4,6-7,10-12,19,21-22H,5,8-9,13H2,1-3H3. The first-order valence-electron chi connectivity index (χ1n) is 8.52. The van der Waals surface area contributed by atoms with Crippen LogP contribution in [0.3, 0.4) is 0 Å². The van der Waals surface area contributed by atoms with Crippen LogP contribution in [0.2, 0.25) is 0 Å². The number of aliphatic hydroxyl groups is 2. The molecule has 6 heteroatoms. The predicted molar refractivity (Wildman–Crippen MR) is 103 cm³/mol. The zero-order valence-electron chi connectivity index (χ0n) is 15.4. The van der Waals surface area contributed by atoms with E-state index in [1.54, 1.807) is 6.07 Å². The number of aryl methyl sites for hydroxylation is 2. The van der Waals surface area contributed by atoms with Crippen molar-refractivity contribution in [2.45, 2.75) is 26.4 Å². The summed E-state index contributed by atoms with van der Waals surface area (Å²) < 4.78 is 28.0. The fourth-order valence-corrected chi connectivity index (χ4v) is 3.62. The van der Waals surface area contributed by atoms with E-state index in [0.717, 1.165) is 22.3 Å². The maximum absolute atomic E-state index is 11.2. The molecule has 0 spiro atoms. The van der Waals surface area contributed by atoms with Crippen LogP contribution in [0.1, 0.15) is 29.2 Å². The minimum atomic E-state index is -2.97. The third-order valence-corrected chi connectivity index (χ3v) is 5.20. The van der Waals surface area contributed by atoms with Crippen molar-refractivity contribution in [3.63, 3.8) is 0 Å². The van der Waals surface area contributed by atoms with E-state index in [4.69, 9.17) is 9.84 Å². The van der Waals surface area contributed by atoms with Gasteiger partial charge >= 0.3 is 0 Å². The zero-order chi connectivity index (χ0) is 19.3. The van der Waals surface area contributed by atoms with Crippen LogP contribution in [-0.2, 0) is 9.84 Å². The van der Waals surface area contributed by atoms with Crippen LogP contribution in [0, 0.1) is 13.8 Å². The fourth-order valence-electron chi connectivity index (χ4n) is 2.98. The Bertz CT molecular complexity index is 835. The summed E-state index contributed by atoms with van der Waals surface area (Å²) >= 11 is 0. The van der Waals surface area contributed by atoms with E-state index in [1.165, 1.54) is 6.26 Å². The minimum Gasteiger partial charge on any atom is -0.494 e. The van der Waals surface area contributed by atoms with Crippen molar-refractivity contribution >= 4 is 9.84 Å². The molecule has 0 saturated carbocycles. The number of aliphatic hydroxyl groups excluding tert-OH is 2. The van der Waals surface area contributed by atoms with Crippen LogP contribution < -0.4 is 4.74 Å². The summed E-state index contributed by atoms with van der Waals surface area (Å²) in [6.45, 7) is 4.01. The number of benzene rings is 2. The van der Waals surface area contributed by atoms with Crippen molar-refractivity contribution in [1.29, 1.82) is 0 Å². The fraction of sp³-hybridized carbons (Fsp3) is 0.400. The van der Waals surface area contributed by atoms with E-state index in [2.05, 4.69) is 0 Å². The Morgan fingerprint density at radius 1 is 1.12 bits per heavy atom. The first-order chi connectivity index (χ1) is 12.2. The van der Waals surface area contributed by atoms with Crippen molar-refractivity contribution in [2.75, 3.05) is 25.2 Å². The van der Waals surface area contributed by atoms with Gasteiger partial charge in [-0.1, -0.05) is 18.2 Å². The Morgan fingerprint density at radius 2 is 1.77 bits per heavy atom. The van der Waals surface area contributed by atoms with Crippen molar-refractivity contribution < 1.29 is 23.4 Å². The summed E-state index contributed by atoms with van der Waals surface area (Å²) in [5.41, 5.74) is 4.75. The van der Waals surface area contributed by atoms with E-state index in [-0.39, 0.29) is 12.4 Å². The molecule has 2 aromatic carbocycles. The molecule has 2 N–H and O–H groups in total. The second-order valence-electron chi connectivity index (χ2n) is 6.59. The molecule has 0 aliphatic rings. The molecule has 0 radical (unpaired) electrons. The molecule has 2 aromatic rings. The number of ether oxygens (including phenoxy) is 1. The summed E-state index contributed by atoms with van der Waals surface area (Å²) in [4.78, 5) is 0. The van der Waals surface area contributed by atoms with Gasteiger partial charge in [-0.3, -0.25) is 0 Å². The van der Waals surface area contributed by atoms with Crippen LogP contribution in [0.15, 0.2) is 36.4 Å². The topological polar surface area (TPSA) is 83.8 Å². The quantitative estimate of drug-likeness (QED) is 0.690. The van der Waals surface area contributed by atoms with Gasteiger partial charge in [0.05, 0.1) is 19.0 Å². The lowest BCUT2D eigenvalue weighted by atomic mass is 9.93. The van der Waals surface area contributed by atoms with Crippen molar-refractivity contribution in [2.24, 2.45) is 0 Å². The molecule has 0 saturated heterocycles. The van der Waals surface area contributed by atoms with Gasteiger partial charge < -0.3 is 14.9 Å². The van der Waals surface area contributed by atoms with Gasteiger partial charge in [-0.15, -0.1) is 0 Å². The molecule has 2 rings (SSSR count). The molecule has 0 aliphatic heterocycles. The summed E-state index contributed by atoms with van der Waals surface area (Å²) in [5, 5.41) is 19.0. The number of rotatable bonds is 8. The molecule has 26 heavy (non-hydrogen) atoms. The Morgan fingerprint density at radius 3 is 2.35 bits per heavy atom. The Kier molecular flexibility index (Phi) is 6.81. The zero-order valence-corrected chi connectivity index (χ0v) is 16.2. The first-order valence-corrected chi connectivity index (χ1v) is 10.6. The molecule has 142 valence electrons. The van der Waals surface area contributed by atoms with Gasteiger partial charge in [0.1, 0.15) is 21.7 Å². The maximum Gasteiger partial charge on any atom is 0.147 e. The van der Waals surface area contributed by atoms with Gasteiger partial charge in [0.25, 0.3) is 0 Å². The summed E-state index contributed by atoms with van der Waals surface area (Å²) in [5.74, 6) is 0.826. The SMILES string of the molecule is Cc1cc(OCCCS(C)(=O)=O)cc(C)c1-c1cccc(C(O)CO)c1. The molecule has 5 nitrogen and oxygen atoms in total. The first kappa shape index (κ1) is 20.4. The van der Waals surface area contributed by atoms with Gasteiger partial charge in [-0.25, -0.2) is 8.42 Å². The molecule has 0 amide bonds. The van der Waals surface area contributed by atoms with Crippen LogP contribution in [0.25, 0.3) is 11.1 Å². The van der Waals surface area contributed by atoms with Crippen LogP contribution in [-0.4, -0.2) is 43.9 Å². The predicted octanol–water partition coefficient (Wildman–Crippen LogP) is 2.81. The molecular formula is C20H26O5S. The van der Waals surface area contributed by atoms with Crippen molar-refractivity contribution in [3.05, 3.63) is 53.1 Å². The number of hydrogen-bond donors (Lipinski definition) is 2. The molecule has 0 bridgehead atoms. The highest BCUT2D eigenvalue weighted by Gasteiger charge is 2.12. The molecule has 0 aromatic heterocycles. The van der Waals surface area contributed by atoms with E-state index < -0.39 is 15.9 Å². The van der Waals surface area contributed by atoms with Crippen LogP contribution in [0.4, 0.5) is 0 Å². The van der Waals surface area contributed by atoms with Crippen molar-refractivity contribution in [1.82, 2.24) is 0 Å². The van der Waals surface area contributed by atoms with E-state index >= 15 is 0 Å². The second-order valence-corrected chi connectivity index (χ2v) is 8.85. The molecule has 0 aliphatic carbocycles. The van der Waals surface area contributed by atoms with E-state index in [1.807, 2.05) is 44.2 Å². The number of sulfone groups is 1. The summed E-state index contributed by atoms with van der Waals surface area (Å²) in [6.07, 6.45) is 0.783. The Balaban J connectivity index is 2.19. The molecule has 0 fully saturated rings. The minimum absolute atomic E-state index is 0.114. The highest BCUT2D eigenvalue weighted by atomic mass is 32.2. The number of hydrogen-bond acceptors (Lipinski definition) is 5. The summed E-state index contributed by atoms with van der Waals surface area (Å²) in [7, 11) is -2.97. The molecule has 0 heterocycles. The van der Waals surface area contributed by atoms with Crippen molar-refractivity contribution in [3.8, 4) is 16.9 Å². The van der Waals surface area contributed by atoms with Gasteiger partial charge in [0, 0.05) is 6.26 Å². The highest BCUT2D eigenvalue weighted by Crippen LogP contribution is 2.32. The molecule has 1 unspecified atom stereocenters. The monoisotopic (exact) mass is 378 g/mol. The molecule has 1 atom stereocenters. The summed E-state index contributed by atoms with van der Waals surface area (Å²) in [6, 6.07) is 11.3. The third kappa shape index (κ3) is 5.56. The van der Waals surface area contributed by atoms with Gasteiger partial charge in [-0.2, -0.15) is 0 Å². The largest absolute Gasteiger partial charge is 0.494 e. The Labute approximate surface area is 155 Å². The van der Waals surface area contributed by atoms with Gasteiger partial charge in [0.15, 0.2) is 0 Å². The van der Waals surface area contributed by atoms with Gasteiger partial charge in [0.2, 0.25) is 0 Å². The molecular weight excluding hydrogens is 352 g/mol. The van der Waals surface area contributed by atoms with Crippen LogP contribution in [0.5, 0.6) is 5.75 Å². The smallest absolute Gasteiger partial charge is 0.147 e. The van der Waals surface area contributed by atoms with E-state index in [9.17, 15) is 13.5 Å². The Hall–Kier alpha value is -1.89. The second kappa shape index (κ2) is 8.66. The van der Waals surface area contributed by atoms with Crippen LogP contribution >= 0.6 is 0 Å². The lowest BCUT2D eigenvalue weighted by Crippen LogP contribution is -2.08. The normalized spacial score (nSPS) is 12.8. The average molecular weight is 378 g/mol. The average Bonchev–Trinajstić information content (AvgIpc) is 2.57. The van der Waals surface area contributed by atoms with Gasteiger partial charge in [-0.05, 0) is 66.3 Å². The van der Waals surface area contributed by atoms with E-state index in [0.29, 0.717) is 24.3 Å². The third-order valence-electron chi connectivity index (χ3n) is 4.17. The lowest BCUT2D eigenvalue weighted by molar-refractivity contribution is 0.0956. The maximum atomic E-state index is 11.2. The lowest BCUT2D eigenvalue weighted by Gasteiger charge is -2.15. The highest BCUT2D eigenvalue weighted by molar-refractivity contribution is 7.90.